The number of hydrogen-bond donors (Lipinski definition) is 2. The average molecular weight is 238 g/mol. The third kappa shape index (κ3) is 1.48. The van der Waals surface area contributed by atoms with Gasteiger partial charge in [-0.3, -0.25) is 0 Å². The topological polar surface area (TPSA) is 32.3 Å². The van der Waals surface area contributed by atoms with Crippen LogP contribution in [0.4, 0.5) is 0 Å². The highest BCUT2D eigenvalue weighted by atomic mass is 35.5. The van der Waals surface area contributed by atoms with Crippen LogP contribution in [0.1, 0.15) is 18.4 Å². The molecule has 1 heterocycles. The second-order valence-electron chi connectivity index (χ2n) is 5.08. The summed E-state index contributed by atoms with van der Waals surface area (Å²) in [7, 11) is 0. The summed E-state index contributed by atoms with van der Waals surface area (Å²) in [6, 6.07) is 8.12. The predicted molar refractivity (Wildman–Crippen MR) is 64.7 cm³/mol. The number of rotatable bonds is 1. The van der Waals surface area contributed by atoms with Crippen LogP contribution in [0.15, 0.2) is 24.3 Å². The summed E-state index contributed by atoms with van der Waals surface area (Å²) in [5.74, 6) is 0.573. The molecule has 1 saturated heterocycles. The normalized spacial score (nSPS) is 37.6. The van der Waals surface area contributed by atoms with Crippen LogP contribution in [-0.4, -0.2) is 24.3 Å². The molecule has 1 aromatic carbocycles. The molecular weight excluding hydrogens is 222 g/mol. The molecule has 1 aromatic rings. The monoisotopic (exact) mass is 237 g/mol. The zero-order valence-electron chi connectivity index (χ0n) is 9.12. The molecule has 0 amide bonds. The Morgan fingerprint density at radius 2 is 2.06 bits per heavy atom. The van der Waals surface area contributed by atoms with E-state index in [0.29, 0.717) is 5.92 Å². The van der Waals surface area contributed by atoms with Crippen LogP contribution in [-0.2, 0) is 5.41 Å². The van der Waals surface area contributed by atoms with Crippen molar-refractivity contribution < 1.29 is 5.11 Å². The van der Waals surface area contributed by atoms with Crippen LogP contribution in [0.3, 0.4) is 0 Å². The minimum absolute atomic E-state index is 0.136. The molecule has 2 nitrogen and oxygen atoms in total. The fourth-order valence-electron chi connectivity index (χ4n) is 3.43. The van der Waals surface area contributed by atoms with Crippen molar-refractivity contribution in [2.75, 3.05) is 13.1 Å². The van der Waals surface area contributed by atoms with E-state index in [0.717, 1.165) is 31.0 Å². The van der Waals surface area contributed by atoms with Gasteiger partial charge in [-0.05, 0) is 43.0 Å². The van der Waals surface area contributed by atoms with E-state index in [4.69, 9.17) is 11.6 Å². The Morgan fingerprint density at radius 3 is 2.81 bits per heavy atom. The molecule has 2 fully saturated rings. The molecule has 2 N–H and O–H groups in total. The van der Waals surface area contributed by atoms with E-state index in [9.17, 15) is 5.11 Å². The second kappa shape index (κ2) is 3.73. The van der Waals surface area contributed by atoms with Crippen LogP contribution in [0.2, 0.25) is 5.02 Å². The van der Waals surface area contributed by atoms with Gasteiger partial charge in [-0.1, -0.05) is 23.7 Å². The van der Waals surface area contributed by atoms with Crippen LogP contribution >= 0.6 is 11.6 Å². The lowest BCUT2D eigenvalue weighted by molar-refractivity contribution is 0.170. The van der Waals surface area contributed by atoms with E-state index in [2.05, 4.69) is 17.4 Å². The van der Waals surface area contributed by atoms with Gasteiger partial charge < -0.3 is 10.4 Å². The number of aliphatic hydroxyl groups excluding tert-OH is 1. The zero-order chi connectivity index (χ0) is 11.2. The van der Waals surface area contributed by atoms with Gasteiger partial charge in [-0.2, -0.15) is 0 Å². The zero-order valence-corrected chi connectivity index (χ0v) is 9.87. The Labute approximate surface area is 101 Å². The Hall–Kier alpha value is -0.570. The SMILES string of the molecule is O[C@@H]1C[C@@H]2CNC[C@]2(c2ccc(Cl)cc2)C1. The highest BCUT2D eigenvalue weighted by Crippen LogP contribution is 2.47. The standard InChI is InChI=1S/C13H16ClNO/c14-11-3-1-9(2-4-11)13-6-12(16)5-10(13)7-15-8-13/h1-4,10,12,15-16H,5-8H2/t10-,12-,13+/m1/s1. The van der Waals surface area contributed by atoms with E-state index < -0.39 is 0 Å². The summed E-state index contributed by atoms with van der Waals surface area (Å²) in [4.78, 5) is 0. The van der Waals surface area contributed by atoms with E-state index in [-0.39, 0.29) is 11.5 Å². The first-order valence-corrected chi connectivity index (χ1v) is 6.23. The lowest BCUT2D eigenvalue weighted by atomic mass is 9.74. The van der Waals surface area contributed by atoms with Gasteiger partial charge in [0.2, 0.25) is 0 Å². The average Bonchev–Trinajstić information content (AvgIpc) is 2.75. The van der Waals surface area contributed by atoms with Crippen molar-refractivity contribution in [2.24, 2.45) is 5.92 Å². The van der Waals surface area contributed by atoms with E-state index in [1.807, 2.05) is 12.1 Å². The molecule has 86 valence electrons. The summed E-state index contributed by atoms with van der Waals surface area (Å²) in [5, 5.41) is 14.1. The van der Waals surface area contributed by atoms with Crippen molar-refractivity contribution in [1.29, 1.82) is 0 Å². The first-order chi connectivity index (χ1) is 7.71. The maximum atomic E-state index is 9.86. The second-order valence-corrected chi connectivity index (χ2v) is 5.52. The maximum absolute atomic E-state index is 9.86. The Morgan fingerprint density at radius 1 is 1.31 bits per heavy atom. The van der Waals surface area contributed by atoms with E-state index in [1.54, 1.807) is 0 Å². The van der Waals surface area contributed by atoms with Gasteiger partial charge in [0.05, 0.1) is 6.10 Å². The lowest BCUT2D eigenvalue weighted by Crippen LogP contribution is -2.31. The quantitative estimate of drug-likeness (QED) is 0.783. The number of fused-ring (bicyclic) bond motifs is 1. The maximum Gasteiger partial charge on any atom is 0.0552 e. The largest absolute Gasteiger partial charge is 0.393 e. The van der Waals surface area contributed by atoms with Gasteiger partial charge in [0.25, 0.3) is 0 Å². The van der Waals surface area contributed by atoms with E-state index in [1.165, 1.54) is 5.56 Å². The van der Waals surface area contributed by atoms with E-state index >= 15 is 0 Å². The fourth-order valence-corrected chi connectivity index (χ4v) is 3.55. The number of aliphatic hydroxyl groups is 1. The summed E-state index contributed by atoms with van der Waals surface area (Å²) in [6.45, 7) is 2.01. The molecule has 16 heavy (non-hydrogen) atoms. The van der Waals surface area contributed by atoms with Crippen molar-refractivity contribution in [3.05, 3.63) is 34.9 Å². The first-order valence-electron chi connectivity index (χ1n) is 5.85. The van der Waals surface area contributed by atoms with Crippen molar-refractivity contribution in [3.63, 3.8) is 0 Å². The Balaban J connectivity index is 2.00. The minimum atomic E-state index is -0.136. The number of benzene rings is 1. The Bertz CT molecular complexity index is 391. The summed E-state index contributed by atoms with van der Waals surface area (Å²) >= 11 is 5.92. The van der Waals surface area contributed by atoms with Crippen LogP contribution in [0.25, 0.3) is 0 Å². The molecular formula is C13H16ClNO. The smallest absolute Gasteiger partial charge is 0.0552 e. The van der Waals surface area contributed by atoms with Gasteiger partial charge in [0, 0.05) is 17.0 Å². The van der Waals surface area contributed by atoms with Gasteiger partial charge in [-0.25, -0.2) is 0 Å². The first kappa shape index (κ1) is 10.6. The fraction of sp³-hybridized carbons (Fsp3) is 0.538. The molecule has 1 aliphatic heterocycles. The molecule has 2 aliphatic rings. The predicted octanol–water partition coefficient (Wildman–Crippen LogP) is 1.95. The third-order valence-electron chi connectivity index (χ3n) is 4.19. The van der Waals surface area contributed by atoms with Gasteiger partial charge >= 0.3 is 0 Å². The third-order valence-corrected chi connectivity index (χ3v) is 4.44. The summed E-state index contributed by atoms with van der Waals surface area (Å²) in [6.07, 6.45) is 1.67. The van der Waals surface area contributed by atoms with Crippen molar-refractivity contribution in [1.82, 2.24) is 5.32 Å². The lowest BCUT2D eigenvalue weighted by Gasteiger charge is -2.29. The molecule has 1 saturated carbocycles. The van der Waals surface area contributed by atoms with Crippen LogP contribution in [0, 0.1) is 5.92 Å². The molecule has 1 aliphatic carbocycles. The van der Waals surface area contributed by atoms with Crippen molar-refractivity contribution >= 4 is 11.6 Å². The van der Waals surface area contributed by atoms with Gasteiger partial charge in [-0.15, -0.1) is 0 Å². The van der Waals surface area contributed by atoms with Gasteiger partial charge in [0.1, 0.15) is 0 Å². The summed E-state index contributed by atoms with van der Waals surface area (Å²) < 4.78 is 0. The summed E-state index contributed by atoms with van der Waals surface area (Å²) in [5.41, 5.74) is 1.47. The highest BCUT2D eigenvalue weighted by Gasteiger charge is 2.50. The highest BCUT2D eigenvalue weighted by molar-refractivity contribution is 6.30. The number of halogens is 1. The molecule has 3 rings (SSSR count). The minimum Gasteiger partial charge on any atom is -0.393 e. The molecule has 0 spiro atoms. The Kier molecular flexibility index (Phi) is 2.46. The van der Waals surface area contributed by atoms with Gasteiger partial charge in [0.15, 0.2) is 0 Å². The van der Waals surface area contributed by atoms with Crippen molar-refractivity contribution in [2.45, 2.75) is 24.4 Å². The molecule has 0 unspecified atom stereocenters. The van der Waals surface area contributed by atoms with Crippen molar-refractivity contribution in [3.8, 4) is 0 Å². The molecule has 3 heteroatoms. The molecule has 0 aromatic heterocycles. The molecule has 0 bridgehead atoms. The molecule has 3 atom stereocenters. The number of nitrogens with one attached hydrogen (secondary N) is 1. The van der Waals surface area contributed by atoms with Crippen LogP contribution in [0.5, 0.6) is 0 Å². The number of hydrogen-bond acceptors (Lipinski definition) is 2. The molecule has 0 radical (unpaired) electrons. The van der Waals surface area contributed by atoms with Crippen LogP contribution < -0.4 is 5.32 Å².